The van der Waals surface area contributed by atoms with E-state index in [0.29, 0.717) is 17.2 Å². The second kappa shape index (κ2) is 7.01. The Labute approximate surface area is 147 Å². The summed E-state index contributed by atoms with van der Waals surface area (Å²) in [5.41, 5.74) is 2.57. The van der Waals surface area contributed by atoms with E-state index in [0.717, 1.165) is 17.6 Å². The lowest BCUT2D eigenvalue weighted by Crippen LogP contribution is -2.34. The number of anilines is 1. The van der Waals surface area contributed by atoms with Gasteiger partial charge in [-0.2, -0.15) is 0 Å². The number of allylic oxidation sites excluding steroid dienone is 2. The van der Waals surface area contributed by atoms with Gasteiger partial charge in [0.2, 0.25) is 0 Å². The highest BCUT2D eigenvalue weighted by atomic mass is 16.5. The molecule has 0 amide bonds. The number of ether oxygens (including phenoxy) is 1. The third kappa shape index (κ3) is 5.11. The van der Waals surface area contributed by atoms with Crippen molar-refractivity contribution in [3.63, 3.8) is 0 Å². The molecule has 0 aliphatic carbocycles. The number of carboxylic acids is 2. The van der Waals surface area contributed by atoms with Crippen LogP contribution in [0.5, 0.6) is 5.75 Å². The van der Waals surface area contributed by atoms with Crippen molar-refractivity contribution in [2.24, 2.45) is 5.41 Å². The number of hydrogen-bond acceptors (Lipinski definition) is 4. The number of aliphatic carboxylic acids is 2. The summed E-state index contributed by atoms with van der Waals surface area (Å²) in [6.45, 7) is 9.47. The Hall–Kier alpha value is -2.76. The van der Waals surface area contributed by atoms with Crippen molar-refractivity contribution in [3.05, 3.63) is 42.2 Å². The second-order valence-corrected chi connectivity index (χ2v) is 7.30. The Morgan fingerprint density at radius 1 is 1.16 bits per heavy atom. The Kier molecular flexibility index (Phi) is 5.21. The summed E-state index contributed by atoms with van der Waals surface area (Å²) in [5.74, 6) is -1.13. The van der Waals surface area contributed by atoms with E-state index in [9.17, 15) is 9.59 Å². The van der Waals surface area contributed by atoms with E-state index in [2.05, 4.69) is 27.4 Å². The van der Waals surface area contributed by atoms with E-state index >= 15 is 0 Å². The van der Waals surface area contributed by atoms with Gasteiger partial charge in [0.05, 0.1) is 0 Å². The van der Waals surface area contributed by atoms with Crippen LogP contribution in [0.1, 0.15) is 32.8 Å². The summed E-state index contributed by atoms with van der Waals surface area (Å²) in [5, 5.41) is 18.0. The fourth-order valence-corrected chi connectivity index (χ4v) is 2.78. The number of fused-ring (bicyclic) bond motifs is 1. The first-order valence-corrected chi connectivity index (χ1v) is 7.95. The molecule has 0 radical (unpaired) electrons. The van der Waals surface area contributed by atoms with Crippen molar-refractivity contribution >= 4 is 23.2 Å². The molecule has 0 unspecified atom stereocenters. The fraction of sp³-hybridized carbons (Fsp3) is 0.368. The third-order valence-corrected chi connectivity index (χ3v) is 3.63. The van der Waals surface area contributed by atoms with Gasteiger partial charge in [-0.3, -0.25) is 9.59 Å². The number of carboxylic acid groups (broad SMARTS) is 2. The van der Waals surface area contributed by atoms with Crippen molar-refractivity contribution in [1.82, 2.24) is 0 Å². The second-order valence-electron chi connectivity index (χ2n) is 7.30. The standard InChI is InChI=1S/C19H23NO5/c1-12-7-13(9-19(2,3)4)15-6-5-14(8-16(15)25-12)20(10-17(21)22)11-18(23)24/h5-8H,1,9-11H2,2-4H3,(H,21,22)(H,23,24). The summed E-state index contributed by atoms with van der Waals surface area (Å²) in [4.78, 5) is 23.3. The molecular formula is C19H23NO5. The molecule has 0 bridgehead atoms. The molecule has 2 rings (SSSR count). The van der Waals surface area contributed by atoms with E-state index in [1.165, 1.54) is 4.90 Å². The maximum absolute atomic E-state index is 11.0. The molecule has 1 aromatic carbocycles. The third-order valence-electron chi connectivity index (χ3n) is 3.63. The lowest BCUT2D eigenvalue weighted by atomic mass is 9.84. The SMILES string of the molecule is C=C1C=C(CC(C)(C)C)c2ccc(N(CC(=O)O)CC(=O)O)cc2O1. The van der Waals surface area contributed by atoms with Gasteiger partial charge in [-0.05, 0) is 35.6 Å². The Bertz CT molecular complexity index is 727. The van der Waals surface area contributed by atoms with Gasteiger partial charge in [0, 0.05) is 17.3 Å². The normalized spacial score (nSPS) is 13.6. The maximum atomic E-state index is 11.0. The van der Waals surface area contributed by atoms with Crippen LogP contribution in [0.25, 0.3) is 5.57 Å². The molecule has 1 aliphatic heterocycles. The van der Waals surface area contributed by atoms with E-state index in [1.807, 2.05) is 12.1 Å². The first-order valence-electron chi connectivity index (χ1n) is 7.95. The first-order chi connectivity index (χ1) is 11.5. The summed E-state index contributed by atoms with van der Waals surface area (Å²) < 4.78 is 5.68. The smallest absolute Gasteiger partial charge is 0.323 e. The minimum absolute atomic E-state index is 0.0814. The topological polar surface area (TPSA) is 87.1 Å². The van der Waals surface area contributed by atoms with Crippen LogP contribution in [-0.4, -0.2) is 35.2 Å². The predicted molar refractivity (Wildman–Crippen MR) is 95.7 cm³/mol. The molecule has 25 heavy (non-hydrogen) atoms. The molecule has 0 aromatic heterocycles. The largest absolute Gasteiger partial charge is 0.480 e. The lowest BCUT2D eigenvalue weighted by molar-refractivity contribution is -0.136. The van der Waals surface area contributed by atoms with Gasteiger partial charge in [0.1, 0.15) is 24.6 Å². The van der Waals surface area contributed by atoms with E-state index in [-0.39, 0.29) is 5.41 Å². The van der Waals surface area contributed by atoms with Crippen molar-refractivity contribution in [2.75, 3.05) is 18.0 Å². The highest BCUT2D eigenvalue weighted by Gasteiger charge is 2.23. The molecule has 0 spiro atoms. The van der Waals surface area contributed by atoms with Gasteiger partial charge in [-0.15, -0.1) is 0 Å². The zero-order valence-corrected chi connectivity index (χ0v) is 14.7. The van der Waals surface area contributed by atoms with Crippen molar-refractivity contribution < 1.29 is 24.5 Å². The molecule has 0 fully saturated rings. The van der Waals surface area contributed by atoms with E-state index in [1.54, 1.807) is 12.1 Å². The number of rotatable bonds is 6. The molecular weight excluding hydrogens is 322 g/mol. The van der Waals surface area contributed by atoms with Crippen molar-refractivity contribution in [2.45, 2.75) is 27.2 Å². The molecule has 6 heteroatoms. The molecule has 0 atom stereocenters. The van der Waals surface area contributed by atoms with Crippen LogP contribution in [-0.2, 0) is 9.59 Å². The molecule has 0 saturated heterocycles. The molecule has 1 heterocycles. The van der Waals surface area contributed by atoms with Crippen LogP contribution in [0.2, 0.25) is 0 Å². The average molecular weight is 345 g/mol. The Balaban J connectivity index is 2.39. The van der Waals surface area contributed by atoms with Crippen LogP contribution in [0, 0.1) is 5.41 Å². The van der Waals surface area contributed by atoms with Gasteiger partial charge < -0.3 is 19.8 Å². The van der Waals surface area contributed by atoms with Crippen LogP contribution in [0.15, 0.2) is 36.6 Å². The first kappa shape index (κ1) is 18.6. The summed E-state index contributed by atoms with van der Waals surface area (Å²) in [7, 11) is 0. The summed E-state index contributed by atoms with van der Waals surface area (Å²) >= 11 is 0. The van der Waals surface area contributed by atoms with Gasteiger partial charge in [0.25, 0.3) is 0 Å². The molecule has 2 N–H and O–H groups in total. The summed E-state index contributed by atoms with van der Waals surface area (Å²) in [6, 6.07) is 5.23. The highest BCUT2D eigenvalue weighted by molar-refractivity contribution is 5.82. The van der Waals surface area contributed by atoms with Crippen LogP contribution >= 0.6 is 0 Å². The van der Waals surface area contributed by atoms with Gasteiger partial charge in [-0.1, -0.05) is 27.4 Å². The summed E-state index contributed by atoms with van der Waals surface area (Å²) in [6.07, 6.45) is 2.73. The van der Waals surface area contributed by atoms with Crippen molar-refractivity contribution in [1.29, 1.82) is 0 Å². The zero-order chi connectivity index (χ0) is 18.8. The average Bonchev–Trinajstić information content (AvgIpc) is 2.43. The molecule has 134 valence electrons. The molecule has 1 aromatic rings. The number of carbonyl (C=O) groups is 2. The number of hydrogen-bond donors (Lipinski definition) is 2. The highest BCUT2D eigenvalue weighted by Crippen LogP contribution is 2.40. The van der Waals surface area contributed by atoms with Gasteiger partial charge >= 0.3 is 11.9 Å². The minimum atomic E-state index is -1.10. The van der Waals surface area contributed by atoms with E-state index < -0.39 is 25.0 Å². The fourth-order valence-electron chi connectivity index (χ4n) is 2.78. The van der Waals surface area contributed by atoms with Crippen LogP contribution < -0.4 is 9.64 Å². The number of nitrogens with zero attached hydrogens (tertiary/aromatic N) is 1. The minimum Gasteiger partial charge on any atom is -0.480 e. The lowest BCUT2D eigenvalue weighted by Gasteiger charge is -2.27. The van der Waals surface area contributed by atoms with Gasteiger partial charge in [-0.25, -0.2) is 0 Å². The zero-order valence-electron chi connectivity index (χ0n) is 14.7. The number of benzene rings is 1. The van der Waals surface area contributed by atoms with E-state index in [4.69, 9.17) is 14.9 Å². The predicted octanol–water partition coefficient (Wildman–Crippen LogP) is 3.39. The van der Waals surface area contributed by atoms with Crippen LogP contribution in [0.3, 0.4) is 0 Å². The molecule has 0 saturated carbocycles. The van der Waals surface area contributed by atoms with Gasteiger partial charge in [0.15, 0.2) is 0 Å². The Morgan fingerprint density at radius 3 is 2.28 bits per heavy atom. The van der Waals surface area contributed by atoms with Crippen molar-refractivity contribution in [3.8, 4) is 5.75 Å². The molecule has 1 aliphatic rings. The molecule has 6 nitrogen and oxygen atoms in total. The maximum Gasteiger partial charge on any atom is 0.323 e. The monoisotopic (exact) mass is 345 g/mol. The quantitative estimate of drug-likeness (QED) is 0.822. The Morgan fingerprint density at radius 2 is 1.76 bits per heavy atom. The van der Waals surface area contributed by atoms with Crippen LogP contribution in [0.4, 0.5) is 5.69 Å².